The second-order valence-electron chi connectivity index (χ2n) is 3.96. The molecular weight excluding hydrogens is 290 g/mol. The van der Waals surface area contributed by atoms with E-state index < -0.39 is 17.9 Å². The van der Waals surface area contributed by atoms with Gasteiger partial charge in [-0.3, -0.25) is 14.6 Å². The third kappa shape index (κ3) is 5.59. The molecule has 0 aliphatic heterocycles. The Morgan fingerprint density at radius 2 is 1.67 bits per heavy atom. The Bertz CT molecular complexity index is 481. The third-order valence-electron chi connectivity index (χ3n) is 2.53. The quantitative estimate of drug-likeness (QED) is 0.335. The summed E-state index contributed by atoms with van der Waals surface area (Å²) in [5, 5.41) is 0. The summed E-state index contributed by atoms with van der Waals surface area (Å²) >= 11 is 1.62. The van der Waals surface area contributed by atoms with Crippen molar-refractivity contribution < 1.29 is 19.1 Å². The molecule has 0 spiro atoms. The zero-order chi connectivity index (χ0) is 15.7. The van der Waals surface area contributed by atoms with Crippen LogP contribution >= 0.6 is 11.8 Å². The molecule has 0 saturated carbocycles. The molecular formula is C15H19NO4S. The summed E-state index contributed by atoms with van der Waals surface area (Å²) in [5.74, 6) is -2.44. The van der Waals surface area contributed by atoms with E-state index in [0.717, 1.165) is 4.90 Å². The van der Waals surface area contributed by atoms with Gasteiger partial charge in [-0.15, -0.1) is 11.8 Å². The standard InChI is InChI=1S/C15H19NO4S/c1-4-19-14(17)13(15(18)20-5-2)10-16-11-6-8-12(21-3)9-7-11/h6-10,13H,4-5H2,1-3H3. The van der Waals surface area contributed by atoms with Crippen molar-refractivity contribution >= 4 is 35.6 Å². The molecule has 0 aliphatic carbocycles. The molecule has 6 heteroatoms. The van der Waals surface area contributed by atoms with Crippen LogP contribution in [-0.4, -0.2) is 37.6 Å². The topological polar surface area (TPSA) is 65.0 Å². The SMILES string of the molecule is CCOC(=O)C(C=Nc1ccc(SC)cc1)C(=O)OCC. The molecule has 0 aromatic heterocycles. The van der Waals surface area contributed by atoms with Crippen LogP contribution in [0.5, 0.6) is 0 Å². The van der Waals surface area contributed by atoms with Crippen molar-refractivity contribution in [3.05, 3.63) is 24.3 Å². The van der Waals surface area contributed by atoms with Gasteiger partial charge >= 0.3 is 11.9 Å². The van der Waals surface area contributed by atoms with Crippen LogP contribution in [0.25, 0.3) is 0 Å². The van der Waals surface area contributed by atoms with E-state index in [1.165, 1.54) is 6.21 Å². The van der Waals surface area contributed by atoms with Gasteiger partial charge in [-0.25, -0.2) is 0 Å². The van der Waals surface area contributed by atoms with Crippen LogP contribution in [0.1, 0.15) is 13.8 Å². The summed E-state index contributed by atoms with van der Waals surface area (Å²) in [5.41, 5.74) is 0.659. The highest BCUT2D eigenvalue weighted by molar-refractivity contribution is 7.98. The Kier molecular flexibility index (Phi) is 7.53. The Morgan fingerprint density at radius 3 is 2.10 bits per heavy atom. The van der Waals surface area contributed by atoms with Crippen LogP contribution in [0, 0.1) is 5.92 Å². The molecule has 0 unspecified atom stereocenters. The fourth-order valence-corrected chi connectivity index (χ4v) is 1.92. The van der Waals surface area contributed by atoms with E-state index in [2.05, 4.69) is 4.99 Å². The van der Waals surface area contributed by atoms with Crippen molar-refractivity contribution in [2.45, 2.75) is 18.7 Å². The Labute approximate surface area is 128 Å². The van der Waals surface area contributed by atoms with Gasteiger partial charge in [0, 0.05) is 11.1 Å². The maximum absolute atomic E-state index is 11.8. The lowest BCUT2D eigenvalue weighted by molar-refractivity contribution is -0.157. The molecule has 0 saturated heterocycles. The normalized spacial score (nSPS) is 10.9. The van der Waals surface area contributed by atoms with Gasteiger partial charge in [-0.2, -0.15) is 0 Å². The fraction of sp³-hybridized carbons (Fsp3) is 0.400. The molecule has 0 N–H and O–H groups in total. The molecule has 0 fully saturated rings. The molecule has 1 aromatic rings. The largest absolute Gasteiger partial charge is 0.465 e. The number of thioether (sulfide) groups is 1. The Balaban J connectivity index is 2.85. The summed E-state index contributed by atoms with van der Waals surface area (Å²) in [6.07, 6.45) is 3.25. The second-order valence-corrected chi connectivity index (χ2v) is 4.84. The van der Waals surface area contributed by atoms with Crippen molar-refractivity contribution in [3.63, 3.8) is 0 Å². The molecule has 0 bridgehead atoms. The minimum Gasteiger partial charge on any atom is -0.465 e. The van der Waals surface area contributed by atoms with E-state index >= 15 is 0 Å². The van der Waals surface area contributed by atoms with E-state index in [-0.39, 0.29) is 13.2 Å². The highest BCUT2D eigenvalue weighted by Crippen LogP contribution is 2.19. The van der Waals surface area contributed by atoms with Crippen LogP contribution in [-0.2, 0) is 19.1 Å². The molecule has 21 heavy (non-hydrogen) atoms. The number of hydrogen-bond donors (Lipinski definition) is 0. The lowest BCUT2D eigenvalue weighted by Crippen LogP contribution is -2.29. The number of hydrogen-bond acceptors (Lipinski definition) is 6. The zero-order valence-electron chi connectivity index (χ0n) is 12.4. The van der Waals surface area contributed by atoms with Gasteiger partial charge in [0.05, 0.1) is 18.9 Å². The number of benzene rings is 1. The lowest BCUT2D eigenvalue weighted by Gasteiger charge is -2.10. The number of carbonyl (C=O) groups is 2. The molecule has 1 rings (SSSR count). The van der Waals surface area contributed by atoms with Gasteiger partial charge in [0.2, 0.25) is 0 Å². The minimum absolute atomic E-state index is 0.199. The smallest absolute Gasteiger partial charge is 0.325 e. The van der Waals surface area contributed by atoms with Gasteiger partial charge in [0.15, 0.2) is 5.92 Å². The van der Waals surface area contributed by atoms with Crippen molar-refractivity contribution in [2.24, 2.45) is 10.9 Å². The third-order valence-corrected chi connectivity index (χ3v) is 3.27. The van der Waals surface area contributed by atoms with Gasteiger partial charge in [0.1, 0.15) is 0 Å². The maximum atomic E-state index is 11.8. The lowest BCUT2D eigenvalue weighted by atomic mass is 10.1. The van der Waals surface area contributed by atoms with E-state index in [4.69, 9.17) is 9.47 Å². The van der Waals surface area contributed by atoms with E-state index in [0.29, 0.717) is 5.69 Å². The maximum Gasteiger partial charge on any atom is 0.325 e. The van der Waals surface area contributed by atoms with Crippen LogP contribution < -0.4 is 0 Å². The summed E-state index contributed by atoms with van der Waals surface area (Å²) in [4.78, 5) is 28.8. The molecule has 0 heterocycles. The molecule has 0 radical (unpaired) electrons. The Morgan fingerprint density at radius 1 is 1.14 bits per heavy atom. The van der Waals surface area contributed by atoms with Crippen LogP contribution in [0.15, 0.2) is 34.2 Å². The number of carbonyl (C=O) groups excluding carboxylic acids is 2. The van der Waals surface area contributed by atoms with Gasteiger partial charge in [-0.05, 0) is 44.4 Å². The Hall–Kier alpha value is -1.82. The molecule has 0 atom stereocenters. The zero-order valence-corrected chi connectivity index (χ0v) is 13.2. The van der Waals surface area contributed by atoms with Gasteiger partial charge in [0.25, 0.3) is 0 Å². The summed E-state index contributed by atoms with van der Waals surface area (Å²) in [7, 11) is 0. The molecule has 1 aromatic carbocycles. The van der Waals surface area contributed by atoms with Gasteiger partial charge in [-0.1, -0.05) is 0 Å². The van der Waals surface area contributed by atoms with Crippen molar-refractivity contribution in [3.8, 4) is 0 Å². The predicted molar refractivity (Wildman–Crippen MR) is 83.1 cm³/mol. The average molecular weight is 309 g/mol. The second kappa shape index (κ2) is 9.18. The van der Waals surface area contributed by atoms with Crippen LogP contribution in [0.4, 0.5) is 5.69 Å². The van der Waals surface area contributed by atoms with E-state index in [1.807, 2.05) is 30.5 Å². The number of ether oxygens (including phenoxy) is 2. The van der Waals surface area contributed by atoms with Crippen molar-refractivity contribution in [1.29, 1.82) is 0 Å². The van der Waals surface area contributed by atoms with Crippen LogP contribution in [0.2, 0.25) is 0 Å². The monoisotopic (exact) mass is 309 g/mol. The molecule has 0 aliphatic rings. The first kappa shape index (κ1) is 17.2. The summed E-state index contributed by atoms with van der Waals surface area (Å²) in [6.45, 7) is 3.76. The first-order chi connectivity index (χ1) is 10.1. The minimum atomic E-state index is -1.13. The van der Waals surface area contributed by atoms with Gasteiger partial charge < -0.3 is 9.47 Å². The van der Waals surface area contributed by atoms with Crippen LogP contribution in [0.3, 0.4) is 0 Å². The number of rotatable bonds is 7. The first-order valence-corrected chi connectivity index (χ1v) is 7.86. The van der Waals surface area contributed by atoms with Crippen molar-refractivity contribution in [1.82, 2.24) is 0 Å². The summed E-state index contributed by atoms with van der Waals surface area (Å²) < 4.78 is 9.72. The predicted octanol–water partition coefficient (Wildman–Crippen LogP) is 2.85. The highest BCUT2D eigenvalue weighted by atomic mass is 32.2. The molecule has 5 nitrogen and oxygen atoms in total. The van der Waals surface area contributed by atoms with E-state index in [9.17, 15) is 9.59 Å². The van der Waals surface area contributed by atoms with E-state index in [1.54, 1.807) is 25.6 Å². The number of nitrogens with zero attached hydrogens (tertiary/aromatic N) is 1. The average Bonchev–Trinajstić information content (AvgIpc) is 2.48. The molecule has 114 valence electrons. The highest BCUT2D eigenvalue weighted by Gasteiger charge is 2.27. The summed E-state index contributed by atoms with van der Waals surface area (Å²) in [6, 6.07) is 7.47. The number of esters is 2. The number of aliphatic imine (C=N–C) groups is 1. The fourth-order valence-electron chi connectivity index (χ4n) is 1.51. The first-order valence-electron chi connectivity index (χ1n) is 6.63. The van der Waals surface area contributed by atoms with Crippen molar-refractivity contribution in [2.75, 3.05) is 19.5 Å². The molecule has 0 amide bonds.